The molecule has 1 unspecified atom stereocenters. The van der Waals surface area contributed by atoms with Crippen LogP contribution in [0.3, 0.4) is 0 Å². The van der Waals surface area contributed by atoms with E-state index in [1.54, 1.807) is 44.2 Å². The van der Waals surface area contributed by atoms with Crippen LogP contribution in [0.2, 0.25) is 0 Å². The number of carbonyl (C=O) groups is 2. The van der Waals surface area contributed by atoms with Gasteiger partial charge in [0.1, 0.15) is 57.5 Å². The van der Waals surface area contributed by atoms with E-state index >= 15 is 14.4 Å². The van der Waals surface area contributed by atoms with Crippen molar-refractivity contribution < 1.29 is 63.7 Å². The molecule has 6 aromatic heterocycles. The van der Waals surface area contributed by atoms with Gasteiger partial charge in [-0.3, -0.25) is 37.8 Å². The zero-order valence-corrected chi connectivity index (χ0v) is 57.0. The average molecular weight is 1380 g/mol. The van der Waals surface area contributed by atoms with E-state index in [-0.39, 0.29) is 111 Å². The van der Waals surface area contributed by atoms with Gasteiger partial charge in [0.2, 0.25) is 31.8 Å². The van der Waals surface area contributed by atoms with E-state index in [0.29, 0.717) is 63.3 Å². The predicted molar refractivity (Wildman–Crippen MR) is 351 cm³/mol. The maximum Gasteiger partial charge on any atom is 0.332 e. The highest BCUT2D eigenvalue weighted by Gasteiger charge is 2.60. The Kier molecular flexibility index (Phi) is 17.5. The first-order valence-electron chi connectivity index (χ1n) is 31.6. The highest BCUT2D eigenvalue weighted by atomic mass is 32.2. The van der Waals surface area contributed by atoms with Crippen molar-refractivity contribution >= 4 is 75.0 Å². The first kappa shape index (κ1) is 66.1. The lowest BCUT2D eigenvalue weighted by Gasteiger charge is -2.32. The van der Waals surface area contributed by atoms with Crippen LogP contribution in [0.1, 0.15) is 151 Å². The van der Waals surface area contributed by atoms with Gasteiger partial charge in [-0.25, -0.2) is 45.5 Å². The van der Waals surface area contributed by atoms with E-state index < -0.39 is 88.1 Å². The summed E-state index contributed by atoms with van der Waals surface area (Å²) in [7, 11) is -6.10. The number of carbonyl (C=O) groups excluding carboxylic acids is 2. The van der Waals surface area contributed by atoms with Crippen molar-refractivity contribution in [2.75, 3.05) is 14.2 Å². The number of amides is 2. The summed E-state index contributed by atoms with van der Waals surface area (Å²) in [6.45, 7) is 9.52. The van der Waals surface area contributed by atoms with Crippen LogP contribution in [0.5, 0.6) is 11.5 Å². The van der Waals surface area contributed by atoms with Crippen molar-refractivity contribution in [1.29, 1.82) is 0 Å². The Hall–Kier alpha value is -7.58. The molecule has 0 spiro atoms. The fourth-order valence-electron chi connectivity index (χ4n) is 13.7. The molecule has 2 amide bonds. The van der Waals surface area contributed by atoms with Crippen LogP contribution in [0.25, 0.3) is 42.0 Å². The topological polar surface area (TPSA) is 322 Å². The van der Waals surface area contributed by atoms with Crippen molar-refractivity contribution in [2.45, 2.75) is 196 Å². The summed E-state index contributed by atoms with van der Waals surface area (Å²) in [5, 5.41) is 0.0274. The number of aryl methyl sites for hydroxylation is 2. The van der Waals surface area contributed by atoms with E-state index in [0.717, 1.165) is 52.9 Å². The molecule has 1 saturated carbocycles. The monoisotopic (exact) mass is 1380 g/mol. The average Bonchev–Trinajstić information content (AvgIpc) is 1.60. The minimum absolute atomic E-state index is 0.0144. The van der Waals surface area contributed by atoms with Gasteiger partial charge >= 0.3 is 11.4 Å². The number of thiophene rings is 2. The number of benzene rings is 2. The van der Waals surface area contributed by atoms with Crippen molar-refractivity contribution in [3.63, 3.8) is 0 Å². The summed E-state index contributed by atoms with van der Waals surface area (Å²) in [6.07, 6.45) is 7.56. The number of nitrogens with zero attached hydrogens (tertiary/aromatic N) is 6. The second kappa shape index (κ2) is 25.1. The summed E-state index contributed by atoms with van der Waals surface area (Å²) in [5.41, 5.74) is -1.84. The molecule has 2 N–H and O–H groups in total. The third-order valence-corrected chi connectivity index (χ3v) is 26.0. The van der Waals surface area contributed by atoms with Gasteiger partial charge < -0.3 is 37.3 Å². The number of para-hydroxylation sites is 2. The van der Waals surface area contributed by atoms with Crippen molar-refractivity contribution in [3.05, 3.63) is 137 Å². The number of oxazole rings is 2. The molecule has 26 nitrogen and oxygen atoms in total. The largest absolute Gasteiger partial charge is 0.496 e. The molecule has 5 fully saturated rings. The van der Waals surface area contributed by atoms with E-state index in [4.69, 9.17) is 37.3 Å². The first-order chi connectivity index (χ1) is 45.2. The lowest BCUT2D eigenvalue weighted by molar-refractivity contribution is -0.123. The van der Waals surface area contributed by atoms with E-state index in [9.17, 15) is 31.2 Å². The van der Waals surface area contributed by atoms with Crippen molar-refractivity contribution in [2.24, 2.45) is 0 Å². The molecule has 10 atom stereocenters. The van der Waals surface area contributed by atoms with E-state index in [2.05, 4.69) is 19.4 Å². The fourth-order valence-corrected chi connectivity index (χ4v) is 18.5. The smallest absolute Gasteiger partial charge is 0.332 e. The van der Waals surface area contributed by atoms with Crippen LogP contribution in [-0.2, 0) is 66.4 Å². The molecule has 4 saturated heterocycles. The van der Waals surface area contributed by atoms with Crippen LogP contribution >= 0.6 is 22.7 Å². The standard InChI is InChI=1S/C65H74N8O18S4/c1-33-50-58(76)73(62(78)70(60(50)92-52(33)56-66-24-25-86-56)31-47(43-14-10-12-16-45(43)84-8)89-41-26-37-18-19-38(27-41)87-37)36(4)55(75)69-95(82,83)65(22-23-65)49-30-67-57(91-49)53-34(2)51-59(77)72(35(3)54(74)68-94(80,81)64(5,6)7)63(79)71(61(51)93-53)32-48(44-15-11-13-17-46(44)85-9)90-42-28-39-20-21-40(29-42)88-39/h10-17,24-25,30,35-42,47-48H,18-23,26-29,31-32H2,1-9H3,(H,68,74)(H,69,75)/t35-,36-,37-,38?,39-,40+,41-,42-,47-,48-/m0/s1. The van der Waals surface area contributed by atoms with Gasteiger partial charge in [0.25, 0.3) is 22.9 Å². The van der Waals surface area contributed by atoms with Gasteiger partial charge in [-0.05, 0) is 136 Å². The van der Waals surface area contributed by atoms with Crippen molar-refractivity contribution in [3.8, 4) is 33.0 Å². The lowest BCUT2D eigenvalue weighted by Crippen LogP contribution is -2.49. The Bertz CT molecular complexity index is 4800. The molecule has 506 valence electrons. The maximum absolute atomic E-state index is 15.3. The minimum atomic E-state index is -4.81. The van der Waals surface area contributed by atoms with Crippen LogP contribution in [0.4, 0.5) is 0 Å². The Morgan fingerprint density at radius 1 is 0.663 bits per heavy atom. The molecule has 10 heterocycles. The number of fused-ring (bicyclic) bond motifs is 6. The molecule has 4 aliphatic heterocycles. The van der Waals surface area contributed by atoms with Crippen molar-refractivity contribution in [1.82, 2.24) is 37.7 Å². The number of aromatic nitrogens is 6. The molecular formula is C65H74N8O18S4. The third-order valence-electron chi connectivity index (χ3n) is 19.2. The van der Waals surface area contributed by atoms with Gasteiger partial charge in [0, 0.05) is 11.1 Å². The van der Waals surface area contributed by atoms with Crippen LogP contribution in [-0.4, -0.2) is 112 Å². The number of methoxy groups -OCH3 is 2. The highest BCUT2D eigenvalue weighted by molar-refractivity contribution is 7.91. The highest BCUT2D eigenvalue weighted by Crippen LogP contribution is 2.54. The molecule has 95 heavy (non-hydrogen) atoms. The molecule has 4 bridgehead atoms. The molecular weight excluding hydrogens is 1310 g/mol. The number of ether oxygens (including phenoxy) is 6. The normalized spacial score (nSPS) is 22.2. The summed E-state index contributed by atoms with van der Waals surface area (Å²) in [6, 6.07) is 11.0. The molecule has 1 aliphatic carbocycles. The number of hydrogen-bond acceptors (Lipinski definition) is 22. The van der Waals surface area contributed by atoms with Crippen LogP contribution in [0.15, 0.2) is 95.2 Å². The fraction of sp³-hybridized carbons (Fsp3) is 0.508. The van der Waals surface area contributed by atoms with Crippen LogP contribution < -0.4 is 41.4 Å². The van der Waals surface area contributed by atoms with Gasteiger partial charge in [0.05, 0.1) is 102 Å². The van der Waals surface area contributed by atoms with Gasteiger partial charge in [-0.2, -0.15) is 0 Å². The molecule has 30 heteroatoms. The predicted octanol–water partition coefficient (Wildman–Crippen LogP) is 8.14. The quantitative estimate of drug-likeness (QED) is 0.0646. The summed E-state index contributed by atoms with van der Waals surface area (Å²) in [4.78, 5) is 99.2. The Balaban J connectivity index is 0.850. The molecule has 5 aliphatic rings. The van der Waals surface area contributed by atoms with Crippen LogP contribution in [0, 0.1) is 13.8 Å². The lowest BCUT2D eigenvalue weighted by atomic mass is 10.0. The van der Waals surface area contributed by atoms with Gasteiger partial charge in [-0.1, -0.05) is 36.4 Å². The number of nitrogens with one attached hydrogen (secondary N) is 2. The van der Waals surface area contributed by atoms with Gasteiger partial charge in [0.15, 0.2) is 4.75 Å². The summed E-state index contributed by atoms with van der Waals surface area (Å²) in [5.74, 6) is -1.54. The molecule has 8 aromatic rings. The first-order valence-corrected chi connectivity index (χ1v) is 36.2. The molecule has 13 rings (SSSR count). The Labute approximate surface area is 553 Å². The third kappa shape index (κ3) is 11.9. The second-order valence-corrected chi connectivity index (χ2v) is 32.6. The zero-order chi connectivity index (χ0) is 67.4. The zero-order valence-electron chi connectivity index (χ0n) is 53.8. The Morgan fingerprint density at radius 2 is 1.11 bits per heavy atom. The maximum atomic E-state index is 15.3. The summed E-state index contributed by atoms with van der Waals surface area (Å²) < 4.78 is 111. The minimum Gasteiger partial charge on any atom is -0.496 e. The number of sulfonamides is 2. The van der Waals surface area contributed by atoms with E-state index in [1.807, 2.05) is 18.2 Å². The summed E-state index contributed by atoms with van der Waals surface area (Å²) >= 11 is 2.05. The van der Waals surface area contributed by atoms with E-state index in [1.165, 1.54) is 76.6 Å². The second-order valence-electron chi connectivity index (χ2n) is 26.2. The number of hydrogen-bond donors (Lipinski definition) is 2. The van der Waals surface area contributed by atoms with Gasteiger partial charge in [-0.15, -0.1) is 22.7 Å². The molecule has 0 radical (unpaired) electrons. The number of rotatable bonds is 22. The Morgan fingerprint density at radius 3 is 1.53 bits per heavy atom. The SMILES string of the molecule is COc1ccccc1[C@H](Cn1c(=O)n([C@@H](C)C(=O)NS(=O)(=O)C2(c3cnc(-c4sc5c(c4C)c(=O)n([C@@H](C)C(=O)NS(=O)(=O)C(C)(C)C)c(=O)n5C[C@H](O[C@@H]4C[C@H]5CC[C@@H](C4)O5)c4ccccc4OC)o3)CC2)c(=O)c2c(C)c(-c3ncco3)sc21)O[C@@H]1CC2CC[C@@H](C1)O2. The molecule has 2 aromatic carbocycles.